The smallest absolute Gasteiger partial charge is 0.305 e. The largest absolute Gasteiger partial charge is 0.469 e. The maximum Gasteiger partial charge on any atom is 0.305 e. The van der Waals surface area contributed by atoms with Crippen LogP contribution in [0.15, 0.2) is 18.3 Å². The van der Waals surface area contributed by atoms with E-state index in [0.29, 0.717) is 6.42 Å². The lowest BCUT2D eigenvalue weighted by Crippen LogP contribution is -2.00. The van der Waals surface area contributed by atoms with Crippen molar-refractivity contribution in [2.24, 2.45) is 0 Å². The highest BCUT2D eigenvalue weighted by molar-refractivity contribution is 5.69. The number of hydrogen-bond acceptors (Lipinski definition) is 3. The molecule has 0 aliphatic rings. The molecule has 1 aromatic heterocycles. The van der Waals surface area contributed by atoms with E-state index in [1.54, 1.807) is 6.20 Å². The molecule has 3 nitrogen and oxygen atoms in total. The van der Waals surface area contributed by atoms with Crippen LogP contribution < -0.4 is 0 Å². The zero-order chi connectivity index (χ0) is 10.4. The van der Waals surface area contributed by atoms with Gasteiger partial charge in [-0.15, -0.1) is 0 Å². The van der Waals surface area contributed by atoms with Crippen LogP contribution in [0.3, 0.4) is 0 Å². The summed E-state index contributed by atoms with van der Waals surface area (Å²) in [5.41, 5.74) is 2.24. The molecule has 1 aromatic rings. The van der Waals surface area contributed by atoms with Gasteiger partial charge in [0.1, 0.15) is 0 Å². The van der Waals surface area contributed by atoms with Crippen molar-refractivity contribution >= 4 is 5.97 Å². The van der Waals surface area contributed by atoms with Gasteiger partial charge in [0.2, 0.25) is 0 Å². The Bertz CT molecular complexity index is 310. The van der Waals surface area contributed by atoms with Crippen LogP contribution in [0.5, 0.6) is 0 Å². The van der Waals surface area contributed by atoms with Crippen molar-refractivity contribution in [1.29, 1.82) is 0 Å². The zero-order valence-electron chi connectivity index (χ0n) is 8.62. The maximum absolute atomic E-state index is 10.8. The van der Waals surface area contributed by atoms with Crippen molar-refractivity contribution in [2.45, 2.75) is 26.2 Å². The van der Waals surface area contributed by atoms with Crippen molar-refractivity contribution in [2.75, 3.05) is 7.11 Å². The Morgan fingerprint density at radius 2 is 2.36 bits per heavy atom. The van der Waals surface area contributed by atoms with Gasteiger partial charge in [0.15, 0.2) is 0 Å². The zero-order valence-corrected chi connectivity index (χ0v) is 8.62. The van der Waals surface area contributed by atoms with Gasteiger partial charge in [-0.25, -0.2) is 0 Å². The molecular formula is C11H15NO2. The van der Waals surface area contributed by atoms with E-state index in [4.69, 9.17) is 0 Å². The first kappa shape index (κ1) is 10.7. The van der Waals surface area contributed by atoms with E-state index in [9.17, 15) is 4.79 Å². The number of ether oxygens (including phenoxy) is 1. The Hall–Kier alpha value is -1.38. The van der Waals surface area contributed by atoms with Crippen LogP contribution in [0.2, 0.25) is 0 Å². The average molecular weight is 193 g/mol. The third kappa shape index (κ3) is 3.56. The summed E-state index contributed by atoms with van der Waals surface area (Å²) in [7, 11) is 1.42. The van der Waals surface area contributed by atoms with Gasteiger partial charge in [0.25, 0.3) is 0 Å². The summed E-state index contributed by atoms with van der Waals surface area (Å²) < 4.78 is 4.56. The van der Waals surface area contributed by atoms with Gasteiger partial charge in [0.05, 0.1) is 7.11 Å². The lowest BCUT2D eigenvalue weighted by atomic mass is 10.1. The second-order valence-corrected chi connectivity index (χ2v) is 3.24. The van der Waals surface area contributed by atoms with Crippen LogP contribution in [-0.2, 0) is 16.0 Å². The highest BCUT2D eigenvalue weighted by atomic mass is 16.5. The van der Waals surface area contributed by atoms with Crippen molar-refractivity contribution in [1.82, 2.24) is 4.98 Å². The summed E-state index contributed by atoms with van der Waals surface area (Å²) >= 11 is 0. The van der Waals surface area contributed by atoms with Gasteiger partial charge < -0.3 is 4.74 Å². The highest BCUT2D eigenvalue weighted by Gasteiger charge is 2.00. The molecule has 0 spiro atoms. The SMILES string of the molecule is COC(=O)CCCc1ccnc(C)c1. The second-order valence-electron chi connectivity index (χ2n) is 3.24. The van der Waals surface area contributed by atoms with Crippen LogP contribution in [0.1, 0.15) is 24.1 Å². The fraction of sp³-hybridized carbons (Fsp3) is 0.455. The number of aromatic nitrogens is 1. The molecule has 0 atom stereocenters. The number of esters is 1. The molecule has 0 saturated carbocycles. The quantitative estimate of drug-likeness (QED) is 0.685. The monoisotopic (exact) mass is 193 g/mol. The number of carbonyl (C=O) groups is 1. The predicted molar refractivity (Wildman–Crippen MR) is 53.9 cm³/mol. The minimum Gasteiger partial charge on any atom is -0.469 e. The Morgan fingerprint density at radius 1 is 1.57 bits per heavy atom. The fourth-order valence-corrected chi connectivity index (χ4v) is 1.30. The van der Waals surface area contributed by atoms with Gasteiger partial charge in [-0.1, -0.05) is 0 Å². The van der Waals surface area contributed by atoms with Crippen molar-refractivity contribution in [3.63, 3.8) is 0 Å². The normalized spacial score (nSPS) is 9.86. The van der Waals surface area contributed by atoms with Gasteiger partial charge in [-0.3, -0.25) is 9.78 Å². The van der Waals surface area contributed by atoms with Crippen LogP contribution in [0, 0.1) is 6.92 Å². The number of rotatable bonds is 4. The van der Waals surface area contributed by atoms with E-state index in [1.807, 2.05) is 19.1 Å². The summed E-state index contributed by atoms with van der Waals surface area (Å²) in [6.07, 6.45) is 4.01. The van der Waals surface area contributed by atoms with Gasteiger partial charge in [-0.05, 0) is 37.5 Å². The molecule has 3 heteroatoms. The Kier molecular flexibility index (Phi) is 4.11. The molecule has 1 rings (SSSR count). The number of pyridine rings is 1. The van der Waals surface area contributed by atoms with Crippen molar-refractivity contribution < 1.29 is 9.53 Å². The third-order valence-electron chi connectivity index (χ3n) is 2.04. The summed E-state index contributed by atoms with van der Waals surface area (Å²) in [5, 5.41) is 0. The lowest BCUT2D eigenvalue weighted by Gasteiger charge is -2.01. The van der Waals surface area contributed by atoms with Crippen LogP contribution in [0.4, 0.5) is 0 Å². The van der Waals surface area contributed by atoms with E-state index in [-0.39, 0.29) is 5.97 Å². The van der Waals surface area contributed by atoms with Crippen molar-refractivity contribution in [3.05, 3.63) is 29.6 Å². The summed E-state index contributed by atoms with van der Waals surface area (Å²) in [4.78, 5) is 14.9. The molecule has 0 amide bonds. The fourth-order valence-electron chi connectivity index (χ4n) is 1.30. The highest BCUT2D eigenvalue weighted by Crippen LogP contribution is 2.06. The van der Waals surface area contributed by atoms with Crippen LogP contribution in [-0.4, -0.2) is 18.1 Å². The maximum atomic E-state index is 10.8. The minimum atomic E-state index is -0.143. The van der Waals surface area contributed by atoms with E-state index in [0.717, 1.165) is 18.5 Å². The molecule has 0 fully saturated rings. The Labute approximate surface area is 84.1 Å². The molecule has 0 radical (unpaired) electrons. The molecule has 14 heavy (non-hydrogen) atoms. The summed E-state index contributed by atoms with van der Waals surface area (Å²) in [5.74, 6) is -0.143. The first-order valence-electron chi connectivity index (χ1n) is 4.70. The number of methoxy groups -OCH3 is 1. The average Bonchev–Trinajstić information content (AvgIpc) is 2.17. The first-order valence-corrected chi connectivity index (χ1v) is 4.70. The van der Waals surface area contributed by atoms with E-state index in [1.165, 1.54) is 12.7 Å². The third-order valence-corrected chi connectivity index (χ3v) is 2.04. The van der Waals surface area contributed by atoms with E-state index >= 15 is 0 Å². The number of nitrogens with zero attached hydrogens (tertiary/aromatic N) is 1. The predicted octanol–water partition coefficient (Wildman–Crippen LogP) is 1.89. The molecule has 0 unspecified atom stereocenters. The summed E-state index contributed by atoms with van der Waals surface area (Å²) in [6, 6.07) is 4.02. The molecule has 0 bridgehead atoms. The van der Waals surface area contributed by atoms with E-state index < -0.39 is 0 Å². The van der Waals surface area contributed by atoms with Gasteiger partial charge in [-0.2, -0.15) is 0 Å². The Balaban J connectivity index is 2.35. The van der Waals surface area contributed by atoms with Crippen molar-refractivity contribution in [3.8, 4) is 0 Å². The van der Waals surface area contributed by atoms with Gasteiger partial charge in [0, 0.05) is 18.3 Å². The molecule has 0 N–H and O–H groups in total. The standard InChI is InChI=1S/C11H15NO2/c1-9-8-10(6-7-12-9)4-3-5-11(13)14-2/h6-8H,3-5H2,1-2H3. The van der Waals surface area contributed by atoms with Crippen LogP contribution in [0.25, 0.3) is 0 Å². The van der Waals surface area contributed by atoms with Gasteiger partial charge >= 0.3 is 5.97 Å². The Morgan fingerprint density at radius 3 is 3.00 bits per heavy atom. The number of carbonyl (C=O) groups excluding carboxylic acids is 1. The minimum absolute atomic E-state index is 0.143. The van der Waals surface area contributed by atoms with Crippen LogP contribution >= 0.6 is 0 Å². The van der Waals surface area contributed by atoms with E-state index in [2.05, 4.69) is 9.72 Å². The molecule has 0 aliphatic carbocycles. The molecular weight excluding hydrogens is 178 g/mol. The number of aryl methyl sites for hydroxylation is 2. The summed E-state index contributed by atoms with van der Waals surface area (Å²) in [6.45, 7) is 1.96. The molecule has 0 aromatic carbocycles. The molecule has 0 aliphatic heterocycles. The molecule has 0 saturated heterocycles. The second kappa shape index (κ2) is 5.37. The lowest BCUT2D eigenvalue weighted by molar-refractivity contribution is -0.140. The number of hydrogen-bond donors (Lipinski definition) is 0. The topological polar surface area (TPSA) is 39.2 Å². The molecule has 1 heterocycles. The molecule has 76 valence electrons. The first-order chi connectivity index (χ1) is 6.72.